The first-order valence-electron chi connectivity index (χ1n) is 6.29. The zero-order valence-corrected chi connectivity index (χ0v) is 12.3. The molecule has 1 nitrogen and oxygen atoms in total. The maximum Gasteiger partial charge on any atom is 0.416 e. The lowest BCUT2D eigenvalue weighted by molar-refractivity contribution is -0.138. The maximum absolute atomic E-state index is 13.1. The Morgan fingerprint density at radius 3 is 2.29 bits per heavy atom. The molecule has 0 heterocycles. The van der Waals surface area contributed by atoms with Crippen molar-refractivity contribution in [3.63, 3.8) is 0 Å². The van der Waals surface area contributed by atoms with Crippen molar-refractivity contribution in [2.24, 2.45) is 0 Å². The second-order valence-electron chi connectivity index (χ2n) is 4.67. The molecular weight excluding hydrogens is 301 g/mol. The summed E-state index contributed by atoms with van der Waals surface area (Å²) in [6.45, 7) is 1.80. The first-order chi connectivity index (χ1) is 9.84. The molecule has 5 heteroatoms. The van der Waals surface area contributed by atoms with E-state index in [1.54, 1.807) is 31.2 Å². The van der Waals surface area contributed by atoms with Gasteiger partial charge in [-0.1, -0.05) is 24.3 Å². The number of hydrogen-bond acceptors (Lipinski definition) is 1. The van der Waals surface area contributed by atoms with E-state index in [4.69, 9.17) is 16.3 Å². The van der Waals surface area contributed by atoms with Crippen molar-refractivity contribution >= 4 is 11.6 Å². The second-order valence-corrected chi connectivity index (χ2v) is 5.11. The fourth-order valence-corrected chi connectivity index (χ4v) is 2.64. The van der Waals surface area contributed by atoms with Crippen LogP contribution in [0, 0.1) is 6.92 Å². The molecule has 0 bridgehead atoms. The predicted molar refractivity (Wildman–Crippen MR) is 76.9 cm³/mol. The molecule has 1 unspecified atom stereocenters. The van der Waals surface area contributed by atoms with E-state index >= 15 is 0 Å². The Kier molecular flexibility index (Phi) is 4.47. The molecule has 0 aromatic heterocycles. The van der Waals surface area contributed by atoms with Gasteiger partial charge in [0.2, 0.25) is 0 Å². The minimum Gasteiger partial charge on any atom is -0.497 e. The van der Waals surface area contributed by atoms with Gasteiger partial charge >= 0.3 is 6.18 Å². The summed E-state index contributed by atoms with van der Waals surface area (Å²) >= 11 is 6.30. The third-order valence-corrected chi connectivity index (χ3v) is 3.76. The van der Waals surface area contributed by atoms with Gasteiger partial charge in [0.1, 0.15) is 5.75 Å². The highest BCUT2D eigenvalue weighted by atomic mass is 35.5. The van der Waals surface area contributed by atoms with Crippen LogP contribution in [0.3, 0.4) is 0 Å². The van der Waals surface area contributed by atoms with Crippen LogP contribution >= 0.6 is 11.6 Å². The van der Waals surface area contributed by atoms with Crippen molar-refractivity contribution < 1.29 is 17.9 Å². The van der Waals surface area contributed by atoms with Gasteiger partial charge in [0.15, 0.2) is 0 Å². The molecule has 0 aliphatic carbocycles. The summed E-state index contributed by atoms with van der Waals surface area (Å²) in [6, 6.07) is 10.5. The Bertz CT molecular complexity index is 638. The van der Waals surface area contributed by atoms with Crippen molar-refractivity contribution in [1.29, 1.82) is 0 Å². The molecule has 0 radical (unpaired) electrons. The Hall–Kier alpha value is -1.68. The number of alkyl halides is 4. The average Bonchev–Trinajstić information content (AvgIpc) is 2.45. The maximum atomic E-state index is 13.1. The predicted octanol–water partition coefficient (Wildman–Crippen LogP) is 5.35. The molecule has 0 fully saturated rings. The van der Waals surface area contributed by atoms with E-state index in [0.29, 0.717) is 11.3 Å². The molecule has 0 saturated heterocycles. The summed E-state index contributed by atoms with van der Waals surface area (Å²) in [5.74, 6) is 0.643. The highest BCUT2D eigenvalue weighted by Gasteiger charge is 2.35. The number of aryl methyl sites for hydroxylation is 1. The highest BCUT2D eigenvalue weighted by Crippen LogP contribution is 2.40. The summed E-state index contributed by atoms with van der Waals surface area (Å²) < 4.78 is 44.3. The lowest BCUT2D eigenvalue weighted by Gasteiger charge is -2.19. The van der Waals surface area contributed by atoms with Crippen molar-refractivity contribution in [1.82, 2.24) is 0 Å². The average molecular weight is 315 g/mol. The SMILES string of the molecule is COc1ccc(C(Cl)c2ccccc2C(F)(F)F)c(C)c1. The summed E-state index contributed by atoms with van der Waals surface area (Å²) in [5.41, 5.74) is 0.764. The van der Waals surface area contributed by atoms with E-state index in [2.05, 4.69) is 0 Å². The minimum atomic E-state index is -4.43. The molecule has 112 valence electrons. The number of ether oxygens (including phenoxy) is 1. The zero-order chi connectivity index (χ0) is 15.6. The molecule has 0 aliphatic heterocycles. The van der Waals surface area contributed by atoms with Crippen molar-refractivity contribution in [2.45, 2.75) is 18.5 Å². The minimum absolute atomic E-state index is 0.0555. The Balaban J connectivity index is 2.48. The molecule has 0 saturated carbocycles. The molecular formula is C16H14ClF3O. The van der Waals surface area contributed by atoms with Gasteiger partial charge in [-0.15, -0.1) is 11.6 Å². The van der Waals surface area contributed by atoms with Crippen LogP contribution in [0.4, 0.5) is 13.2 Å². The van der Waals surface area contributed by atoms with Gasteiger partial charge in [0.25, 0.3) is 0 Å². The third kappa shape index (κ3) is 3.32. The van der Waals surface area contributed by atoms with Crippen molar-refractivity contribution in [3.05, 3.63) is 64.7 Å². The van der Waals surface area contributed by atoms with Gasteiger partial charge in [0.05, 0.1) is 18.1 Å². The summed E-state index contributed by atoms with van der Waals surface area (Å²) in [4.78, 5) is 0. The molecule has 0 aliphatic rings. The smallest absolute Gasteiger partial charge is 0.416 e. The van der Waals surface area contributed by atoms with Crippen LogP contribution in [-0.2, 0) is 6.18 Å². The number of methoxy groups -OCH3 is 1. The highest BCUT2D eigenvalue weighted by molar-refractivity contribution is 6.22. The van der Waals surface area contributed by atoms with Gasteiger partial charge in [-0.05, 0) is 41.8 Å². The van der Waals surface area contributed by atoms with Gasteiger partial charge in [-0.2, -0.15) is 13.2 Å². The van der Waals surface area contributed by atoms with Crippen LogP contribution in [0.15, 0.2) is 42.5 Å². The van der Waals surface area contributed by atoms with Crippen LogP contribution in [0.2, 0.25) is 0 Å². The van der Waals surface area contributed by atoms with Crippen LogP contribution in [0.1, 0.15) is 27.6 Å². The van der Waals surface area contributed by atoms with Gasteiger partial charge in [0, 0.05) is 0 Å². The van der Waals surface area contributed by atoms with Crippen LogP contribution < -0.4 is 4.74 Å². The Morgan fingerprint density at radius 1 is 1.05 bits per heavy atom. The molecule has 0 spiro atoms. The number of halogens is 4. The molecule has 0 N–H and O–H groups in total. The van der Waals surface area contributed by atoms with Crippen molar-refractivity contribution in [2.75, 3.05) is 7.11 Å². The monoisotopic (exact) mass is 314 g/mol. The Labute approximate surface area is 126 Å². The number of benzene rings is 2. The molecule has 21 heavy (non-hydrogen) atoms. The van der Waals surface area contributed by atoms with E-state index in [-0.39, 0.29) is 5.56 Å². The largest absolute Gasteiger partial charge is 0.497 e. The number of hydrogen-bond donors (Lipinski definition) is 0. The van der Waals surface area contributed by atoms with E-state index in [1.807, 2.05) is 0 Å². The quantitative estimate of drug-likeness (QED) is 0.694. The van der Waals surface area contributed by atoms with E-state index in [1.165, 1.54) is 19.2 Å². The lowest BCUT2D eigenvalue weighted by Crippen LogP contribution is -2.11. The van der Waals surface area contributed by atoms with E-state index in [0.717, 1.165) is 11.6 Å². The zero-order valence-electron chi connectivity index (χ0n) is 11.5. The molecule has 2 aromatic carbocycles. The standard InChI is InChI=1S/C16H14ClF3O/c1-10-9-11(21-2)7-8-12(10)15(17)13-5-3-4-6-14(13)16(18,19)20/h3-9,15H,1-2H3. The fraction of sp³-hybridized carbons (Fsp3) is 0.250. The van der Waals surface area contributed by atoms with Crippen molar-refractivity contribution in [3.8, 4) is 5.75 Å². The number of rotatable bonds is 3. The second kappa shape index (κ2) is 5.98. The summed E-state index contributed by atoms with van der Waals surface area (Å²) in [6.07, 6.45) is -4.43. The fourth-order valence-electron chi connectivity index (χ4n) is 2.20. The van der Waals surface area contributed by atoms with E-state index in [9.17, 15) is 13.2 Å². The molecule has 2 aromatic rings. The summed E-state index contributed by atoms with van der Waals surface area (Å²) in [5, 5.41) is -0.867. The molecule has 2 rings (SSSR count). The van der Waals surface area contributed by atoms with Crippen LogP contribution in [-0.4, -0.2) is 7.11 Å². The van der Waals surface area contributed by atoms with Gasteiger partial charge < -0.3 is 4.74 Å². The van der Waals surface area contributed by atoms with Crippen LogP contribution in [0.25, 0.3) is 0 Å². The Morgan fingerprint density at radius 2 is 1.71 bits per heavy atom. The molecule has 0 amide bonds. The lowest BCUT2D eigenvalue weighted by atomic mass is 9.96. The van der Waals surface area contributed by atoms with Gasteiger partial charge in [-0.25, -0.2) is 0 Å². The first kappa shape index (κ1) is 15.7. The topological polar surface area (TPSA) is 9.23 Å². The first-order valence-corrected chi connectivity index (χ1v) is 6.73. The third-order valence-electron chi connectivity index (χ3n) is 3.29. The van der Waals surface area contributed by atoms with E-state index < -0.39 is 17.1 Å². The van der Waals surface area contributed by atoms with Gasteiger partial charge in [-0.3, -0.25) is 0 Å². The normalized spacial score (nSPS) is 13.0. The summed E-state index contributed by atoms with van der Waals surface area (Å²) in [7, 11) is 1.53. The van der Waals surface area contributed by atoms with Crippen LogP contribution in [0.5, 0.6) is 5.75 Å². The molecule has 1 atom stereocenters.